The van der Waals surface area contributed by atoms with Crippen LogP contribution in [0, 0.1) is 0 Å². The molecule has 2 rings (SSSR count). The normalized spacial score (nSPS) is 17.6. The van der Waals surface area contributed by atoms with E-state index in [4.69, 9.17) is 0 Å². The number of carbonyl (C=O) groups excluding carboxylic acids is 1. The Labute approximate surface area is 123 Å². The second-order valence-corrected chi connectivity index (χ2v) is 6.28. The van der Waals surface area contributed by atoms with Gasteiger partial charge in [-0.05, 0) is 49.9 Å². The molecule has 104 valence electrons. The molecule has 2 N–H and O–H groups in total. The van der Waals surface area contributed by atoms with Crippen LogP contribution in [0.1, 0.15) is 43.9 Å². The average Bonchev–Trinajstić information content (AvgIpc) is 2.70. The third-order valence-corrected chi connectivity index (χ3v) is 3.87. The van der Waals surface area contributed by atoms with Gasteiger partial charge in [0.25, 0.3) is 0 Å². The molecular weight excluding hydrogens is 304 g/mol. The number of nitrogens with one attached hydrogen (secondary N) is 2. The maximum Gasteiger partial charge on any atom is 0.221 e. The van der Waals surface area contributed by atoms with Crippen LogP contribution in [0.3, 0.4) is 0 Å². The molecule has 1 aliphatic rings. The lowest BCUT2D eigenvalue weighted by atomic mass is 10.1. The van der Waals surface area contributed by atoms with E-state index in [1.54, 1.807) is 0 Å². The summed E-state index contributed by atoms with van der Waals surface area (Å²) >= 11 is 3.51. The monoisotopic (exact) mass is 324 g/mol. The third-order valence-electron chi connectivity index (χ3n) is 3.38. The van der Waals surface area contributed by atoms with Crippen LogP contribution in [0.4, 0.5) is 0 Å². The molecule has 1 aliphatic carbocycles. The summed E-state index contributed by atoms with van der Waals surface area (Å²) in [5.74, 6) is 0.122. The molecule has 0 aromatic heterocycles. The van der Waals surface area contributed by atoms with Crippen LogP contribution in [-0.2, 0) is 11.2 Å². The molecular formula is C15H21BrN2O. The van der Waals surface area contributed by atoms with Crippen molar-refractivity contribution in [1.29, 1.82) is 0 Å². The summed E-state index contributed by atoms with van der Waals surface area (Å²) in [6.45, 7) is 4.70. The summed E-state index contributed by atoms with van der Waals surface area (Å²) in [4.78, 5) is 11.6. The first kappa shape index (κ1) is 14.5. The van der Waals surface area contributed by atoms with Gasteiger partial charge in [-0.2, -0.15) is 0 Å². The molecule has 0 aliphatic heterocycles. The van der Waals surface area contributed by atoms with E-state index in [-0.39, 0.29) is 11.9 Å². The number of rotatable bonds is 5. The van der Waals surface area contributed by atoms with E-state index >= 15 is 0 Å². The Bertz CT molecular complexity index is 459. The summed E-state index contributed by atoms with van der Waals surface area (Å²) in [6, 6.07) is 7.08. The Balaban J connectivity index is 1.82. The summed E-state index contributed by atoms with van der Waals surface area (Å²) in [6.07, 6.45) is 2.78. The molecule has 0 heterocycles. The number of fused-ring (bicyclic) bond motifs is 1. The number of amides is 1. The van der Waals surface area contributed by atoms with Gasteiger partial charge in [0.05, 0.1) is 0 Å². The molecule has 0 fully saturated rings. The van der Waals surface area contributed by atoms with Gasteiger partial charge >= 0.3 is 0 Å². The molecule has 1 unspecified atom stereocenters. The average molecular weight is 325 g/mol. The number of hydrogen-bond acceptors (Lipinski definition) is 2. The van der Waals surface area contributed by atoms with E-state index in [1.165, 1.54) is 11.1 Å². The van der Waals surface area contributed by atoms with Crippen LogP contribution >= 0.6 is 15.9 Å². The van der Waals surface area contributed by atoms with Gasteiger partial charge in [0.15, 0.2) is 0 Å². The SMILES string of the molecule is CC(C)NC(=O)CCNC1CCc2cc(Br)ccc21. The highest BCUT2D eigenvalue weighted by Crippen LogP contribution is 2.32. The van der Waals surface area contributed by atoms with Crippen molar-refractivity contribution in [3.63, 3.8) is 0 Å². The highest BCUT2D eigenvalue weighted by molar-refractivity contribution is 9.10. The fourth-order valence-corrected chi connectivity index (χ4v) is 2.96. The first-order valence-corrected chi connectivity index (χ1v) is 7.66. The highest BCUT2D eigenvalue weighted by atomic mass is 79.9. The Morgan fingerprint density at radius 2 is 2.26 bits per heavy atom. The van der Waals surface area contributed by atoms with Crippen molar-refractivity contribution in [2.45, 2.75) is 45.2 Å². The minimum absolute atomic E-state index is 0.122. The molecule has 0 saturated heterocycles. The molecule has 0 saturated carbocycles. The van der Waals surface area contributed by atoms with Gasteiger partial charge in [-0.3, -0.25) is 4.79 Å². The molecule has 1 amide bonds. The van der Waals surface area contributed by atoms with Crippen LogP contribution in [0.2, 0.25) is 0 Å². The van der Waals surface area contributed by atoms with Crippen molar-refractivity contribution in [2.24, 2.45) is 0 Å². The summed E-state index contributed by atoms with van der Waals surface area (Å²) in [5.41, 5.74) is 2.80. The Hall–Kier alpha value is -0.870. The fourth-order valence-electron chi connectivity index (χ4n) is 2.55. The van der Waals surface area contributed by atoms with Gasteiger partial charge in [-0.15, -0.1) is 0 Å². The third kappa shape index (κ3) is 4.05. The molecule has 1 aromatic carbocycles. The fraction of sp³-hybridized carbons (Fsp3) is 0.533. The van der Waals surface area contributed by atoms with Crippen molar-refractivity contribution in [2.75, 3.05) is 6.54 Å². The van der Waals surface area contributed by atoms with Gasteiger partial charge in [-0.25, -0.2) is 0 Å². The van der Waals surface area contributed by atoms with Crippen molar-refractivity contribution in [3.8, 4) is 0 Å². The molecule has 3 nitrogen and oxygen atoms in total. The second kappa shape index (κ2) is 6.53. The van der Waals surface area contributed by atoms with Gasteiger partial charge < -0.3 is 10.6 Å². The molecule has 0 spiro atoms. The number of aryl methyl sites for hydroxylation is 1. The maximum atomic E-state index is 11.6. The van der Waals surface area contributed by atoms with Crippen molar-refractivity contribution < 1.29 is 4.79 Å². The molecule has 4 heteroatoms. The number of hydrogen-bond donors (Lipinski definition) is 2. The largest absolute Gasteiger partial charge is 0.354 e. The number of benzene rings is 1. The first-order valence-electron chi connectivity index (χ1n) is 6.87. The van der Waals surface area contributed by atoms with Crippen LogP contribution in [0.15, 0.2) is 22.7 Å². The topological polar surface area (TPSA) is 41.1 Å². The Kier molecular flexibility index (Phi) is 4.99. The molecule has 19 heavy (non-hydrogen) atoms. The van der Waals surface area contributed by atoms with Gasteiger partial charge in [0.2, 0.25) is 5.91 Å². The predicted octanol–water partition coefficient (Wildman–Crippen LogP) is 2.94. The van der Waals surface area contributed by atoms with Gasteiger partial charge in [0.1, 0.15) is 0 Å². The Morgan fingerprint density at radius 1 is 1.47 bits per heavy atom. The highest BCUT2D eigenvalue weighted by Gasteiger charge is 2.21. The minimum atomic E-state index is 0.122. The van der Waals surface area contributed by atoms with E-state index in [9.17, 15) is 4.79 Å². The number of carbonyl (C=O) groups is 1. The van der Waals surface area contributed by atoms with Crippen LogP contribution in [-0.4, -0.2) is 18.5 Å². The van der Waals surface area contributed by atoms with Crippen molar-refractivity contribution in [3.05, 3.63) is 33.8 Å². The standard InChI is InChI=1S/C15H21BrN2O/c1-10(2)18-15(19)7-8-17-14-6-3-11-9-12(16)4-5-13(11)14/h4-5,9-10,14,17H,3,6-8H2,1-2H3,(H,18,19). The number of halogens is 1. The van der Waals surface area contributed by atoms with Crippen molar-refractivity contribution in [1.82, 2.24) is 10.6 Å². The van der Waals surface area contributed by atoms with Crippen LogP contribution in [0.5, 0.6) is 0 Å². The molecule has 1 aromatic rings. The first-order chi connectivity index (χ1) is 9.06. The zero-order chi connectivity index (χ0) is 13.8. The minimum Gasteiger partial charge on any atom is -0.354 e. The van der Waals surface area contributed by atoms with E-state index in [2.05, 4.69) is 44.8 Å². The second-order valence-electron chi connectivity index (χ2n) is 5.36. The zero-order valence-electron chi connectivity index (χ0n) is 11.5. The Morgan fingerprint density at radius 3 is 3.00 bits per heavy atom. The van der Waals surface area contributed by atoms with Crippen molar-refractivity contribution >= 4 is 21.8 Å². The quantitative estimate of drug-likeness (QED) is 0.874. The van der Waals surface area contributed by atoms with E-state index in [1.807, 2.05) is 13.8 Å². The lowest BCUT2D eigenvalue weighted by Gasteiger charge is -2.14. The summed E-state index contributed by atoms with van der Waals surface area (Å²) < 4.78 is 1.14. The van der Waals surface area contributed by atoms with Gasteiger partial charge in [-0.1, -0.05) is 22.0 Å². The van der Waals surface area contributed by atoms with Crippen LogP contribution < -0.4 is 10.6 Å². The maximum absolute atomic E-state index is 11.6. The lowest BCUT2D eigenvalue weighted by Crippen LogP contribution is -2.33. The lowest BCUT2D eigenvalue weighted by molar-refractivity contribution is -0.121. The molecule has 0 bridgehead atoms. The van der Waals surface area contributed by atoms with E-state index in [0.29, 0.717) is 12.5 Å². The summed E-state index contributed by atoms with van der Waals surface area (Å²) in [7, 11) is 0. The molecule has 1 atom stereocenters. The van der Waals surface area contributed by atoms with Gasteiger partial charge in [0, 0.05) is 29.5 Å². The smallest absolute Gasteiger partial charge is 0.221 e. The zero-order valence-corrected chi connectivity index (χ0v) is 13.1. The van der Waals surface area contributed by atoms with E-state index in [0.717, 1.165) is 23.9 Å². The van der Waals surface area contributed by atoms with E-state index < -0.39 is 0 Å². The van der Waals surface area contributed by atoms with Crippen LogP contribution in [0.25, 0.3) is 0 Å². The predicted molar refractivity (Wildman–Crippen MR) is 81.1 cm³/mol. The summed E-state index contributed by atoms with van der Waals surface area (Å²) in [5, 5.41) is 6.39. The molecule has 0 radical (unpaired) electrons.